The molecule has 1 amide bonds. The van der Waals surface area contributed by atoms with Gasteiger partial charge in [-0.15, -0.1) is 0 Å². The van der Waals surface area contributed by atoms with Crippen molar-refractivity contribution in [2.45, 2.75) is 51.4 Å². The number of hydrogen-bond donors (Lipinski definition) is 2. The van der Waals surface area contributed by atoms with Crippen LogP contribution < -0.4 is 5.32 Å². The molecule has 0 bridgehead atoms. The van der Waals surface area contributed by atoms with E-state index in [1.54, 1.807) is 13.8 Å². The molecule has 0 aromatic heterocycles. The maximum Gasteiger partial charge on any atom is 0.307 e. The van der Waals surface area contributed by atoms with Gasteiger partial charge in [0, 0.05) is 12.0 Å². The quantitative estimate of drug-likeness (QED) is 0.798. The minimum absolute atomic E-state index is 0.0499. The number of ether oxygens (including phenoxy) is 2. The lowest BCUT2D eigenvalue weighted by molar-refractivity contribution is -0.159. The molecule has 1 saturated carbocycles. The molecule has 1 heterocycles. The third kappa shape index (κ3) is 3.49. The Labute approximate surface area is 118 Å². The number of hydrogen-bond acceptors (Lipinski definition) is 4. The zero-order valence-corrected chi connectivity index (χ0v) is 12.0. The SMILES string of the molecule is CC(C(=O)O)C(C)C(=O)NC1CCC2OCCOC2C1. The van der Waals surface area contributed by atoms with Gasteiger partial charge in [-0.3, -0.25) is 9.59 Å². The molecule has 0 aromatic carbocycles. The van der Waals surface area contributed by atoms with Gasteiger partial charge in [0.05, 0.1) is 31.3 Å². The second-order valence-electron chi connectivity index (χ2n) is 5.75. The number of nitrogens with one attached hydrogen (secondary N) is 1. The van der Waals surface area contributed by atoms with Gasteiger partial charge in [0.15, 0.2) is 0 Å². The first-order chi connectivity index (χ1) is 9.49. The van der Waals surface area contributed by atoms with Gasteiger partial charge in [-0.1, -0.05) is 13.8 Å². The van der Waals surface area contributed by atoms with E-state index in [4.69, 9.17) is 14.6 Å². The van der Waals surface area contributed by atoms with Crippen LogP contribution in [-0.2, 0) is 19.1 Å². The molecule has 6 nitrogen and oxygen atoms in total. The van der Waals surface area contributed by atoms with Crippen molar-refractivity contribution in [3.8, 4) is 0 Å². The van der Waals surface area contributed by atoms with Crippen LogP contribution in [0, 0.1) is 11.8 Å². The third-order valence-corrected chi connectivity index (χ3v) is 4.38. The minimum atomic E-state index is -0.944. The number of amides is 1. The highest BCUT2D eigenvalue weighted by Gasteiger charge is 2.35. The van der Waals surface area contributed by atoms with Crippen molar-refractivity contribution < 1.29 is 24.2 Å². The first-order valence-electron chi connectivity index (χ1n) is 7.25. The molecule has 0 spiro atoms. The molecule has 6 heteroatoms. The van der Waals surface area contributed by atoms with Crippen molar-refractivity contribution in [2.24, 2.45) is 11.8 Å². The fraction of sp³-hybridized carbons (Fsp3) is 0.857. The summed E-state index contributed by atoms with van der Waals surface area (Å²) in [5.74, 6) is -2.35. The summed E-state index contributed by atoms with van der Waals surface area (Å²) >= 11 is 0. The van der Waals surface area contributed by atoms with E-state index < -0.39 is 17.8 Å². The Morgan fingerprint density at radius 3 is 2.40 bits per heavy atom. The number of carbonyl (C=O) groups is 2. The van der Waals surface area contributed by atoms with Crippen molar-refractivity contribution in [1.82, 2.24) is 5.32 Å². The Bertz CT molecular complexity index is 373. The van der Waals surface area contributed by atoms with Crippen LogP contribution >= 0.6 is 0 Å². The van der Waals surface area contributed by atoms with Crippen LogP contribution in [0.5, 0.6) is 0 Å². The summed E-state index contributed by atoms with van der Waals surface area (Å²) in [5, 5.41) is 11.9. The number of carboxylic acid groups (broad SMARTS) is 1. The standard InChI is InChI=1S/C14H23NO5/c1-8(9(2)14(17)18)13(16)15-10-3-4-11-12(7-10)20-6-5-19-11/h8-12H,3-7H2,1-2H3,(H,15,16)(H,17,18). The average molecular weight is 285 g/mol. The fourth-order valence-corrected chi connectivity index (χ4v) is 2.77. The molecular formula is C14H23NO5. The second-order valence-corrected chi connectivity index (χ2v) is 5.75. The first kappa shape index (κ1) is 15.3. The van der Waals surface area contributed by atoms with E-state index in [1.165, 1.54) is 0 Å². The summed E-state index contributed by atoms with van der Waals surface area (Å²) in [6.07, 6.45) is 2.66. The first-order valence-corrected chi connectivity index (χ1v) is 7.25. The average Bonchev–Trinajstić information content (AvgIpc) is 2.45. The summed E-state index contributed by atoms with van der Waals surface area (Å²) in [7, 11) is 0. The number of carboxylic acids is 1. The molecule has 5 unspecified atom stereocenters. The highest BCUT2D eigenvalue weighted by Crippen LogP contribution is 2.27. The summed E-state index contributed by atoms with van der Waals surface area (Å²) in [6.45, 7) is 4.46. The van der Waals surface area contributed by atoms with Crippen LogP contribution in [0.2, 0.25) is 0 Å². The molecule has 1 aliphatic heterocycles. The molecule has 2 aliphatic rings. The largest absolute Gasteiger partial charge is 0.481 e. The van der Waals surface area contributed by atoms with Crippen LogP contribution in [0.4, 0.5) is 0 Å². The van der Waals surface area contributed by atoms with E-state index >= 15 is 0 Å². The minimum Gasteiger partial charge on any atom is -0.481 e. The highest BCUT2D eigenvalue weighted by molar-refractivity contribution is 5.84. The Kier molecular flexibility index (Phi) is 4.99. The predicted molar refractivity (Wildman–Crippen MR) is 71.2 cm³/mol. The van der Waals surface area contributed by atoms with Crippen LogP contribution in [0.1, 0.15) is 33.1 Å². The van der Waals surface area contributed by atoms with E-state index in [9.17, 15) is 9.59 Å². The van der Waals surface area contributed by atoms with Crippen molar-refractivity contribution in [3.63, 3.8) is 0 Å². The molecule has 1 saturated heterocycles. The van der Waals surface area contributed by atoms with Gasteiger partial charge < -0.3 is 19.9 Å². The zero-order valence-electron chi connectivity index (χ0n) is 12.0. The lowest BCUT2D eigenvalue weighted by Gasteiger charge is -2.39. The van der Waals surface area contributed by atoms with Gasteiger partial charge in [0.1, 0.15) is 0 Å². The number of carbonyl (C=O) groups excluding carboxylic acids is 1. The Morgan fingerprint density at radius 1 is 1.10 bits per heavy atom. The van der Waals surface area contributed by atoms with Gasteiger partial charge in [-0.2, -0.15) is 0 Å². The molecule has 0 radical (unpaired) electrons. The fourth-order valence-electron chi connectivity index (χ4n) is 2.77. The molecule has 2 rings (SSSR count). The monoisotopic (exact) mass is 285 g/mol. The van der Waals surface area contributed by atoms with Crippen LogP contribution in [0.3, 0.4) is 0 Å². The Morgan fingerprint density at radius 2 is 1.75 bits per heavy atom. The molecule has 5 atom stereocenters. The summed E-state index contributed by atoms with van der Waals surface area (Å²) < 4.78 is 11.3. The van der Waals surface area contributed by atoms with Crippen molar-refractivity contribution in [1.29, 1.82) is 0 Å². The lowest BCUT2D eigenvalue weighted by Crippen LogP contribution is -2.50. The molecule has 0 aromatic rings. The van der Waals surface area contributed by atoms with E-state index in [-0.39, 0.29) is 24.2 Å². The molecule has 2 fully saturated rings. The third-order valence-electron chi connectivity index (χ3n) is 4.38. The van der Waals surface area contributed by atoms with Gasteiger partial charge in [0.25, 0.3) is 0 Å². The zero-order chi connectivity index (χ0) is 14.7. The van der Waals surface area contributed by atoms with E-state index in [0.717, 1.165) is 19.3 Å². The topological polar surface area (TPSA) is 84.9 Å². The predicted octanol–water partition coefficient (Wildman–Crippen LogP) is 0.796. The van der Waals surface area contributed by atoms with E-state index in [2.05, 4.69) is 5.32 Å². The number of fused-ring (bicyclic) bond motifs is 1. The summed E-state index contributed by atoms with van der Waals surface area (Å²) in [4.78, 5) is 23.0. The van der Waals surface area contributed by atoms with Crippen LogP contribution in [-0.4, -0.2) is 48.4 Å². The summed E-state index contributed by atoms with van der Waals surface area (Å²) in [6, 6.07) is 0.0499. The van der Waals surface area contributed by atoms with Crippen molar-refractivity contribution >= 4 is 11.9 Å². The molecular weight excluding hydrogens is 262 g/mol. The van der Waals surface area contributed by atoms with Gasteiger partial charge in [0.2, 0.25) is 5.91 Å². The van der Waals surface area contributed by atoms with Crippen LogP contribution in [0.25, 0.3) is 0 Å². The molecule has 20 heavy (non-hydrogen) atoms. The van der Waals surface area contributed by atoms with Gasteiger partial charge in [-0.05, 0) is 19.3 Å². The smallest absolute Gasteiger partial charge is 0.307 e. The second kappa shape index (κ2) is 6.54. The van der Waals surface area contributed by atoms with Crippen molar-refractivity contribution in [2.75, 3.05) is 13.2 Å². The maximum absolute atomic E-state index is 12.1. The Balaban J connectivity index is 1.84. The molecule has 2 N–H and O–H groups in total. The molecule has 114 valence electrons. The normalized spacial score (nSPS) is 32.8. The van der Waals surface area contributed by atoms with E-state index in [0.29, 0.717) is 13.2 Å². The van der Waals surface area contributed by atoms with E-state index in [1.807, 2.05) is 0 Å². The molecule has 1 aliphatic carbocycles. The highest BCUT2D eigenvalue weighted by atomic mass is 16.6. The van der Waals surface area contributed by atoms with Gasteiger partial charge in [-0.25, -0.2) is 0 Å². The van der Waals surface area contributed by atoms with Crippen molar-refractivity contribution in [3.05, 3.63) is 0 Å². The number of aliphatic carboxylic acids is 1. The summed E-state index contributed by atoms with van der Waals surface area (Å²) in [5.41, 5.74) is 0. The van der Waals surface area contributed by atoms with Crippen LogP contribution in [0.15, 0.2) is 0 Å². The van der Waals surface area contributed by atoms with Gasteiger partial charge >= 0.3 is 5.97 Å². The Hall–Kier alpha value is -1.14. The number of rotatable bonds is 4. The lowest BCUT2D eigenvalue weighted by atomic mass is 9.88. The maximum atomic E-state index is 12.1.